The fraction of sp³-hybridized carbons (Fsp3) is 0.500. The molecule has 0 radical (unpaired) electrons. The van der Waals surface area contributed by atoms with E-state index in [1.165, 1.54) is 0 Å². The highest BCUT2D eigenvalue weighted by Gasteiger charge is 2.44. The number of nitrogens with one attached hydrogen (secondary N) is 1. The van der Waals surface area contributed by atoms with E-state index in [0.717, 1.165) is 31.1 Å². The Morgan fingerprint density at radius 3 is 2.52 bits per heavy atom. The molecule has 13 heteroatoms. The van der Waals surface area contributed by atoms with Crippen molar-refractivity contribution >= 4 is 16.0 Å². The Balaban J connectivity index is 0.000000383. The molecule has 0 spiro atoms. The van der Waals surface area contributed by atoms with E-state index in [2.05, 4.69) is 14.8 Å². The third-order valence-electron chi connectivity index (χ3n) is 5.41. The number of halogens is 3. The van der Waals surface area contributed by atoms with Gasteiger partial charge < -0.3 is 14.4 Å². The Labute approximate surface area is 188 Å². The second kappa shape index (κ2) is 10.2. The van der Waals surface area contributed by atoms with Gasteiger partial charge in [0.1, 0.15) is 5.76 Å². The van der Waals surface area contributed by atoms with Crippen LogP contribution in [-0.2, 0) is 26.1 Å². The van der Waals surface area contributed by atoms with Crippen LogP contribution in [0.4, 0.5) is 13.2 Å². The van der Waals surface area contributed by atoms with E-state index in [1.54, 1.807) is 30.3 Å². The molecule has 33 heavy (non-hydrogen) atoms. The number of aromatic nitrogens is 1. The lowest BCUT2D eigenvalue weighted by atomic mass is 9.93. The Morgan fingerprint density at radius 2 is 1.94 bits per heavy atom. The number of alkyl halides is 3. The third kappa shape index (κ3) is 6.76. The highest BCUT2D eigenvalue weighted by Crippen LogP contribution is 2.34. The molecule has 0 aliphatic carbocycles. The SMILES string of the molecule is Cc1cc(CN2C[C@@H]3[C@@H](CNS(=O)(=O)c4ccccc4)CO[C@@H]3C2)no1.O=C(O)C(F)(F)F. The second-order valence-electron chi connectivity index (χ2n) is 7.89. The summed E-state index contributed by atoms with van der Waals surface area (Å²) in [4.78, 5) is 11.5. The molecular weight excluding hydrogens is 467 g/mol. The van der Waals surface area contributed by atoms with E-state index in [9.17, 15) is 21.6 Å². The van der Waals surface area contributed by atoms with Crippen LogP contribution in [0.1, 0.15) is 11.5 Å². The Morgan fingerprint density at radius 1 is 1.27 bits per heavy atom. The van der Waals surface area contributed by atoms with Gasteiger partial charge in [0.2, 0.25) is 10.0 Å². The summed E-state index contributed by atoms with van der Waals surface area (Å²) in [7, 11) is -3.48. The molecule has 2 aliphatic heterocycles. The lowest BCUT2D eigenvalue weighted by Gasteiger charge is -2.19. The van der Waals surface area contributed by atoms with Crippen molar-refractivity contribution in [2.75, 3.05) is 26.2 Å². The number of carbonyl (C=O) groups is 1. The molecule has 0 amide bonds. The van der Waals surface area contributed by atoms with Gasteiger partial charge in [0.05, 0.1) is 23.3 Å². The number of hydrogen-bond donors (Lipinski definition) is 2. The predicted molar refractivity (Wildman–Crippen MR) is 109 cm³/mol. The molecule has 2 saturated heterocycles. The zero-order chi connectivity index (χ0) is 24.2. The number of fused-ring (bicyclic) bond motifs is 1. The van der Waals surface area contributed by atoms with Crippen LogP contribution >= 0.6 is 0 Å². The fourth-order valence-electron chi connectivity index (χ4n) is 3.84. The highest BCUT2D eigenvalue weighted by atomic mass is 32.2. The summed E-state index contributed by atoms with van der Waals surface area (Å²) in [6, 6.07) is 10.4. The van der Waals surface area contributed by atoms with Crippen LogP contribution in [0.5, 0.6) is 0 Å². The number of hydrogen-bond acceptors (Lipinski definition) is 7. The first-order chi connectivity index (χ1) is 15.5. The minimum absolute atomic E-state index is 0.161. The quantitative estimate of drug-likeness (QED) is 0.630. The Kier molecular flexibility index (Phi) is 7.77. The van der Waals surface area contributed by atoms with E-state index in [0.29, 0.717) is 24.0 Å². The third-order valence-corrected chi connectivity index (χ3v) is 6.85. The fourth-order valence-corrected chi connectivity index (χ4v) is 4.96. The van der Waals surface area contributed by atoms with Gasteiger partial charge in [0.15, 0.2) is 0 Å². The van der Waals surface area contributed by atoms with Crippen LogP contribution in [0.15, 0.2) is 45.8 Å². The van der Waals surface area contributed by atoms with Gasteiger partial charge in [0, 0.05) is 44.1 Å². The second-order valence-corrected chi connectivity index (χ2v) is 9.65. The van der Waals surface area contributed by atoms with Gasteiger partial charge in [-0.1, -0.05) is 23.4 Å². The van der Waals surface area contributed by atoms with Gasteiger partial charge >= 0.3 is 12.1 Å². The van der Waals surface area contributed by atoms with Gasteiger partial charge in [-0.15, -0.1) is 0 Å². The number of rotatable bonds is 6. The zero-order valence-corrected chi connectivity index (χ0v) is 18.5. The summed E-state index contributed by atoms with van der Waals surface area (Å²) < 4.78 is 70.3. The molecule has 4 rings (SSSR count). The summed E-state index contributed by atoms with van der Waals surface area (Å²) in [6.07, 6.45) is -4.92. The molecule has 0 unspecified atom stereocenters. The topological polar surface area (TPSA) is 122 Å². The molecule has 1 aromatic carbocycles. The number of likely N-dealkylation sites (tertiary alicyclic amines) is 1. The molecular formula is C20H24F3N3O6S. The molecule has 1 aromatic heterocycles. The van der Waals surface area contributed by atoms with E-state index < -0.39 is 22.2 Å². The number of nitrogens with zero attached hydrogens (tertiary/aromatic N) is 2. The Bertz CT molecular complexity index is 1040. The molecule has 3 heterocycles. The number of carboxylic acids is 1. The van der Waals surface area contributed by atoms with Gasteiger partial charge in [-0.25, -0.2) is 17.9 Å². The van der Waals surface area contributed by atoms with Crippen molar-refractivity contribution < 1.29 is 40.8 Å². The van der Waals surface area contributed by atoms with E-state index in [4.69, 9.17) is 19.2 Å². The molecule has 2 aliphatic rings. The molecule has 9 nitrogen and oxygen atoms in total. The monoisotopic (exact) mass is 491 g/mol. The summed E-state index contributed by atoms with van der Waals surface area (Å²) in [5.41, 5.74) is 0.920. The Hall–Kier alpha value is -2.48. The van der Waals surface area contributed by atoms with Gasteiger partial charge in [-0.3, -0.25) is 4.90 Å². The molecule has 0 saturated carbocycles. The van der Waals surface area contributed by atoms with Crippen molar-refractivity contribution in [3.63, 3.8) is 0 Å². The van der Waals surface area contributed by atoms with E-state index in [-0.39, 0.29) is 12.0 Å². The van der Waals surface area contributed by atoms with Crippen molar-refractivity contribution in [3.8, 4) is 0 Å². The smallest absolute Gasteiger partial charge is 0.475 e. The maximum Gasteiger partial charge on any atom is 0.490 e. The number of aryl methyl sites for hydroxylation is 1. The average molecular weight is 491 g/mol. The van der Waals surface area contributed by atoms with Crippen molar-refractivity contribution in [1.29, 1.82) is 0 Å². The average Bonchev–Trinajstić information content (AvgIpc) is 3.43. The lowest BCUT2D eigenvalue weighted by molar-refractivity contribution is -0.192. The van der Waals surface area contributed by atoms with Crippen molar-refractivity contribution in [3.05, 3.63) is 47.9 Å². The molecule has 2 aromatic rings. The summed E-state index contributed by atoms with van der Waals surface area (Å²) in [5, 5.41) is 11.2. The molecule has 3 atom stereocenters. The maximum absolute atomic E-state index is 12.4. The van der Waals surface area contributed by atoms with Crippen LogP contribution in [0.25, 0.3) is 0 Å². The van der Waals surface area contributed by atoms with Gasteiger partial charge in [0.25, 0.3) is 0 Å². The summed E-state index contributed by atoms with van der Waals surface area (Å²) in [6.45, 7) is 5.34. The van der Waals surface area contributed by atoms with Crippen LogP contribution in [0.2, 0.25) is 0 Å². The van der Waals surface area contributed by atoms with Crippen molar-refractivity contribution in [2.45, 2.75) is 30.6 Å². The lowest BCUT2D eigenvalue weighted by Crippen LogP contribution is -2.34. The predicted octanol–water partition coefficient (Wildman–Crippen LogP) is 2.04. The zero-order valence-electron chi connectivity index (χ0n) is 17.7. The minimum atomic E-state index is -5.08. The minimum Gasteiger partial charge on any atom is -0.475 e. The van der Waals surface area contributed by atoms with Crippen LogP contribution in [-0.4, -0.2) is 68.1 Å². The normalized spacial score (nSPS) is 23.1. The largest absolute Gasteiger partial charge is 0.490 e. The summed E-state index contributed by atoms with van der Waals surface area (Å²) >= 11 is 0. The first-order valence-electron chi connectivity index (χ1n) is 10.1. The van der Waals surface area contributed by atoms with Crippen LogP contribution < -0.4 is 4.72 Å². The molecule has 0 bridgehead atoms. The molecule has 182 valence electrons. The van der Waals surface area contributed by atoms with E-state index >= 15 is 0 Å². The van der Waals surface area contributed by atoms with Crippen LogP contribution in [0, 0.1) is 18.8 Å². The number of sulfonamides is 1. The number of ether oxygens (including phenoxy) is 1. The number of benzene rings is 1. The maximum atomic E-state index is 12.4. The number of carboxylic acid groups (broad SMARTS) is 1. The van der Waals surface area contributed by atoms with Gasteiger partial charge in [-0.05, 0) is 19.1 Å². The first-order valence-corrected chi connectivity index (χ1v) is 11.5. The van der Waals surface area contributed by atoms with Crippen molar-refractivity contribution in [2.24, 2.45) is 11.8 Å². The van der Waals surface area contributed by atoms with Crippen LogP contribution in [0.3, 0.4) is 0 Å². The van der Waals surface area contributed by atoms with Crippen molar-refractivity contribution in [1.82, 2.24) is 14.8 Å². The highest BCUT2D eigenvalue weighted by molar-refractivity contribution is 7.89. The first kappa shape index (κ1) is 25.1. The molecule has 2 N–H and O–H groups in total. The van der Waals surface area contributed by atoms with E-state index in [1.807, 2.05) is 13.0 Å². The molecule has 2 fully saturated rings. The van der Waals surface area contributed by atoms with Gasteiger partial charge in [-0.2, -0.15) is 13.2 Å². The number of aliphatic carboxylic acids is 1. The summed E-state index contributed by atoms with van der Waals surface area (Å²) in [5.74, 6) is -1.43. The standard InChI is InChI=1S/C18H23N3O4S.C2HF3O2/c1-13-7-15(20-25-13)9-21-10-17-14(12-24-18(17)11-21)8-19-26(22,23)16-5-3-2-4-6-16;3-2(4,5)1(6)7/h2-7,14,17-19H,8-12H2,1H3;(H,6,7)/t14-,17+,18+;/m0./s1.